The number of nitrogens with zero attached hydrogens (tertiary/aromatic N) is 1. The van der Waals surface area contributed by atoms with Gasteiger partial charge < -0.3 is 25.4 Å². The highest BCUT2D eigenvalue weighted by Gasteiger charge is 2.14. The number of rotatable bonds is 4. The van der Waals surface area contributed by atoms with E-state index in [1.807, 2.05) is 6.07 Å². The average molecular weight is 253 g/mol. The fourth-order valence-electron chi connectivity index (χ4n) is 1.84. The Hall–Kier alpha value is -1.66. The van der Waals surface area contributed by atoms with Gasteiger partial charge in [0, 0.05) is 25.2 Å². The van der Waals surface area contributed by atoms with Crippen LogP contribution >= 0.6 is 0 Å². The second-order valence-corrected chi connectivity index (χ2v) is 4.01. The zero-order chi connectivity index (χ0) is 13.0. The van der Waals surface area contributed by atoms with E-state index in [-0.39, 0.29) is 0 Å². The van der Waals surface area contributed by atoms with Crippen LogP contribution < -0.4 is 20.6 Å². The second-order valence-electron chi connectivity index (χ2n) is 4.01. The molecule has 1 heterocycles. The number of methoxy groups -OCH3 is 2. The van der Waals surface area contributed by atoms with Crippen molar-refractivity contribution in [2.45, 2.75) is 0 Å². The first-order valence-electron chi connectivity index (χ1n) is 5.85. The third-order valence-corrected chi connectivity index (χ3v) is 2.85. The summed E-state index contributed by atoms with van der Waals surface area (Å²) in [6, 6.07) is 3.59. The van der Waals surface area contributed by atoms with Crippen LogP contribution in [0.25, 0.3) is 0 Å². The summed E-state index contributed by atoms with van der Waals surface area (Å²) in [5, 5.41) is 2.07. The third-order valence-electron chi connectivity index (χ3n) is 2.85. The maximum absolute atomic E-state index is 5.98. The van der Waals surface area contributed by atoms with Crippen LogP contribution in [0.2, 0.25) is 0 Å². The molecule has 2 rings (SSSR count). The fourth-order valence-corrected chi connectivity index (χ4v) is 1.84. The zero-order valence-corrected chi connectivity index (χ0v) is 10.7. The quantitative estimate of drug-likeness (QED) is 0.778. The van der Waals surface area contributed by atoms with Crippen molar-refractivity contribution in [3.63, 3.8) is 0 Å². The summed E-state index contributed by atoms with van der Waals surface area (Å²) in [7, 11) is 3.19. The highest BCUT2D eigenvalue weighted by molar-refractivity contribution is 5.71. The molecule has 0 atom stereocenters. The maximum Gasteiger partial charge on any atom is 0.162 e. The Balaban J connectivity index is 2.16. The molecule has 0 radical (unpaired) electrons. The van der Waals surface area contributed by atoms with Crippen molar-refractivity contribution in [3.8, 4) is 11.5 Å². The van der Waals surface area contributed by atoms with Gasteiger partial charge in [-0.05, 0) is 0 Å². The van der Waals surface area contributed by atoms with Crippen molar-refractivity contribution in [1.29, 1.82) is 0 Å². The van der Waals surface area contributed by atoms with Crippen molar-refractivity contribution in [1.82, 2.24) is 5.01 Å². The van der Waals surface area contributed by atoms with Gasteiger partial charge in [-0.25, -0.2) is 5.01 Å². The number of anilines is 2. The minimum atomic E-state index is 0.624. The predicted molar refractivity (Wildman–Crippen MR) is 70.0 cm³/mol. The van der Waals surface area contributed by atoms with Gasteiger partial charge in [0.25, 0.3) is 0 Å². The highest BCUT2D eigenvalue weighted by Crippen LogP contribution is 2.34. The van der Waals surface area contributed by atoms with E-state index >= 15 is 0 Å². The number of nitrogens with two attached hydrogens (primary N) is 1. The van der Waals surface area contributed by atoms with Gasteiger partial charge in [0.1, 0.15) is 0 Å². The zero-order valence-electron chi connectivity index (χ0n) is 10.7. The molecule has 0 amide bonds. The number of nitrogens with one attached hydrogen (secondary N) is 1. The first-order chi connectivity index (χ1) is 8.74. The number of ether oxygens (including phenoxy) is 3. The molecule has 18 heavy (non-hydrogen) atoms. The summed E-state index contributed by atoms with van der Waals surface area (Å²) >= 11 is 0. The second kappa shape index (κ2) is 5.79. The Bertz CT molecular complexity index is 406. The van der Waals surface area contributed by atoms with E-state index in [9.17, 15) is 0 Å². The van der Waals surface area contributed by atoms with Gasteiger partial charge in [-0.1, -0.05) is 0 Å². The Morgan fingerprint density at radius 2 is 1.78 bits per heavy atom. The molecule has 0 saturated carbocycles. The Labute approximate surface area is 107 Å². The normalized spacial score (nSPS) is 16.3. The van der Waals surface area contributed by atoms with E-state index in [0.717, 1.165) is 32.0 Å². The number of benzene rings is 1. The first-order valence-corrected chi connectivity index (χ1v) is 5.85. The molecular formula is C12H19N3O3. The first kappa shape index (κ1) is 12.8. The van der Waals surface area contributed by atoms with Gasteiger partial charge in [-0.2, -0.15) is 0 Å². The topological polar surface area (TPSA) is 69.0 Å². The van der Waals surface area contributed by atoms with Crippen LogP contribution in [0.4, 0.5) is 11.4 Å². The number of hydrazine groups is 1. The van der Waals surface area contributed by atoms with Crippen LogP contribution in [0, 0.1) is 0 Å². The molecule has 6 heteroatoms. The maximum atomic E-state index is 5.98. The lowest BCUT2D eigenvalue weighted by Gasteiger charge is -2.28. The van der Waals surface area contributed by atoms with E-state index in [1.54, 1.807) is 20.3 Å². The lowest BCUT2D eigenvalue weighted by molar-refractivity contribution is 0.0497. The minimum Gasteiger partial charge on any atom is -0.493 e. The smallest absolute Gasteiger partial charge is 0.162 e. The molecule has 1 saturated heterocycles. The molecule has 0 unspecified atom stereocenters. The molecule has 1 fully saturated rings. The predicted octanol–water partition coefficient (Wildman–Crippen LogP) is 0.945. The van der Waals surface area contributed by atoms with Crippen LogP contribution in [0.5, 0.6) is 11.5 Å². The van der Waals surface area contributed by atoms with E-state index in [2.05, 4.69) is 10.4 Å². The van der Waals surface area contributed by atoms with Crippen LogP contribution in [0.1, 0.15) is 0 Å². The minimum absolute atomic E-state index is 0.624. The van der Waals surface area contributed by atoms with Crippen molar-refractivity contribution in [3.05, 3.63) is 12.1 Å². The lowest BCUT2D eigenvalue weighted by Crippen LogP contribution is -2.40. The van der Waals surface area contributed by atoms with E-state index in [4.69, 9.17) is 19.9 Å². The van der Waals surface area contributed by atoms with Crippen molar-refractivity contribution >= 4 is 11.4 Å². The van der Waals surface area contributed by atoms with E-state index in [1.165, 1.54) is 0 Å². The lowest BCUT2D eigenvalue weighted by atomic mass is 10.2. The van der Waals surface area contributed by atoms with Gasteiger partial charge >= 0.3 is 0 Å². The molecule has 0 aromatic heterocycles. The molecular weight excluding hydrogens is 234 g/mol. The molecule has 1 aromatic carbocycles. The average Bonchev–Trinajstić information content (AvgIpc) is 2.41. The third kappa shape index (κ3) is 2.77. The summed E-state index contributed by atoms with van der Waals surface area (Å²) < 4.78 is 15.7. The Kier molecular flexibility index (Phi) is 4.11. The van der Waals surface area contributed by atoms with Crippen molar-refractivity contribution in [2.24, 2.45) is 0 Å². The van der Waals surface area contributed by atoms with Crippen LogP contribution in [-0.2, 0) is 4.74 Å². The molecule has 6 nitrogen and oxygen atoms in total. The fraction of sp³-hybridized carbons (Fsp3) is 0.500. The summed E-state index contributed by atoms with van der Waals surface area (Å²) in [5.74, 6) is 1.28. The van der Waals surface area contributed by atoms with Gasteiger partial charge in [0.2, 0.25) is 0 Å². The highest BCUT2D eigenvalue weighted by atomic mass is 16.5. The Morgan fingerprint density at radius 1 is 1.17 bits per heavy atom. The van der Waals surface area contributed by atoms with Crippen LogP contribution in [-0.4, -0.2) is 45.5 Å². The van der Waals surface area contributed by atoms with Gasteiger partial charge in [-0.15, -0.1) is 0 Å². The van der Waals surface area contributed by atoms with Crippen LogP contribution in [0.3, 0.4) is 0 Å². The molecule has 1 aromatic rings. The number of hydrogen-bond donors (Lipinski definition) is 2. The van der Waals surface area contributed by atoms with Gasteiger partial charge in [0.05, 0.1) is 38.8 Å². The van der Waals surface area contributed by atoms with Gasteiger partial charge in [-0.3, -0.25) is 0 Å². The number of nitrogen functional groups attached to an aromatic ring is 1. The molecule has 1 aliphatic rings. The van der Waals surface area contributed by atoms with Crippen LogP contribution in [0.15, 0.2) is 12.1 Å². The van der Waals surface area contributed by atoms with E-state index in [0.29, 0.717) is 17.2 Å². The molecule has 0 bridgehead atoms. The van der Waals surface area contributed by atoms with Crippen molar-refractivity contribution < 1.29 is 14.2 Å². The number of hydrogen-bond acceptors (Lipinski definition) is 6. The molecule has 0 aliphatic carbocycles. The largest absolute Gasteiger partial charge is 0.493 e. The summed E-state index contributed by atoms with van der Waals surface area (Å²) in [5.41, 5.74) is 10.7. The summed E-state index contributed by atoms with van der Waals surface area (Å²) in [4.78, 5) is 0. The van der Waals surface area contributed by atoms with Crippen molar-refractivity contribution in [2.75, 3.05) is 51.7 Å². The molecule has 0 spiro atoms. The standard InChI is InChI=1S/C12H19N3O3/c1-16-11-7-9(13)10(8-12(11)17-2)14-15-3-5-18-6-4-15/h7-8,14H,3-6,13H2,1-2H3. The van der Waals surface area contributed by atoms with Gasteiger partial charge in [0.15, 0.2) is 11.5 Å². The number of morpholine rings is 1. The Morgan fingerprint density at radius 3 is 2.39 bits per heavy atom. The monoisotopic (exact) mass is 253 g/mol. The molecule has 100 valence electrons. The molecule has 1 aliphatic heterocycles. The summed E-state index contributed by atoms with van der Waals surface area (Å²) in [6.45, 7) is 3.10. The summed E-state index contributed by atoms with van der Waals surface area (Å²) in [6.07, 6.45) is 0. The molecule has 3 N–H and O–H groups in total. The SMILES string of the molecule is COc1cc(N)c(NN2CCOCC2)cc1OC. The van der Waals surface area contributed by atoms with E-state index < -0.39 is 0 Å².